The summed E-state index contributed by atoms with van der Waals surface area (Å²) in [6, 6.07) is 6.45. The number of amides is 1. The summed E-state index contributed by atoms with van der Waals surface area (Å²) in [4.78, 5) is 33.9. The summed E-state index contributed by atoms with van der Waals surface area (Å²) in [6.07, 6.45) is 2.14. The number of aliphatic carboxylic acids is 1. The Morgan fingerprint density at radius 1 is 1.22 bits per heavy atom. The first-order valence-corrected chi connectivity index (χ1v) is 8.26. The number of methoxy groups -OCH3 is 1. The quantitative estimate of drug-likeness (QED) is 0.481. The summed E-state index contributed by atoms with van der Waals surface area (Å²) in [5.41, 5.74) is 0.529. The van der Waals surface area contributed by atoms with E-state index in [-0.39, 0.29) is 31.3 Å². The molecule has 0 unspecified atom stereocenters. The number of hydrogen-bond acceptors (Lipinski definition) is 6. The standard InChI is InChI=1S/C18H21N3O6/c1-12(22)13-5-6-14(15(10-13)26-2)27-9-3-4-17(23)19-16-7-8-21(20-16)11-18(24)25/h5-8,10H,3-4,9,11H2,1-2H3,(H,24,25)(H,19,20,23). The van der Waals surface area contributed by atoms with E-state index in [1.807, 2.05) is 0 Å². The molecule has 2 aromatic rings. The number of carboxylic acid groups (broad SMARTS) is 1. The van der Waals surface area contributed by atoms with Crippen molar-refractivity contribution in [1.29, 1.82) is 0 Å². The van der Waals surface area contributed by atoms with Crippen LogP contribution < -0.4 is 14.8 Å². The van der Waals surface area contributed by atoms with E-state index in [2.05, 4.69) is 10.4 Å². The van der Waals surface area contributed by atoms with Gasteiger partial charge in [0.1, 0.15) is 6.54 Å². The highest BCUT2D eigenvalue weighted by Gasteiger charge is 2.10. The van der Waals surface area contributed by atoms with Gasteiger partial charge in [-0.2, -0.15) is 5.10 Å². The number of rotatable bonds is 10. The monoisotopic (exact) mass is 375 g/mol. The maximum atomic E-state index is 11.9. The third-order valence-electron chi connectivity index (χ3n) is 3.58. The van der Waals surface area contributed by atoms with Gasteiger partial charge in [0.25, 0.3) is 0 Å². The summed E-state index contributed by atoms with van der Waals surface area (Å²) >= 11 is 0. The van der Waals surface area contributed by atoms with Gasteiger partial charge < -0.3 is 19.9 Å². The highest BCUT2D eigenvalue weighted by Crippen LogP contribution is 2.28. The van der Waals surface area contributed by atoms with Crippen LogP contribution in [-0.4, -0.2) is 46.3 Å². The molecular weight excluding hydrogens is 354 g/mol. The van der Waals surface area contributed by atoms with Crippen molar-refractivity contribution < 1.29 is 29.0 Å². The normalized spacial score (nSPS) is 10.3. The fourth-order valence-electron chi connectivity index (χ4n) is 2.28. The SMILES string of the molecule is COc1cc(C(C)=O)ccc1OCCCC(=O)Nc1ccn(CC(=O)O)n1. The molecule has 2 N–H and O–H groups in total. The molecule has 1 amide bonds. The number of aromatic nitrogens is 2. The molecule has 0 fully saturated rings. The molecule has 0 spiro atoms. The number of carboxylic acids is 1. The van der Waals surface area contributed by atoms with Gasteiger partial charge in [0, 0.05) is 24.2 Å². The molecule has 0 bridgehead atoms. The van der Waals surface area contributed by atoms with Crippen LogP contribution in [0.1, 0.15) is 30.1 Å². The zero-order valence-corrected chi connectivity index (χ0v) is 15.1. The van der Waals surface area contributed by atoms with E-state index in [1.165, 1.54) is 31.0 Å². The Balaban J connectivity index is 1.78. The van der Waals surface area contributed by atoms with Crippen molar-refractivity contribution in [3.8, 4) is 11.5 Å². The molecule has 1 aromatic carbocycles. The van der Waals surface area contributed by atoms with Crippen molar-refractivity contribution in [3.63, 3.8) is 0 Å². The third kappa shape index (κ3) is 6.14. The van der Waals surface area contributed by atoms with Crippen molar-refractivity contribution in [3.05, 3.63) is 36.0 Å². The van der Waals surface area contributed by atoms with Crippen LogP contribution in [0.2, 0.25) is 0 Å². The number of carbonyl (C=O) groups excluding carboxylic acids is 2. The number of ether oxygens (including phenoxy) is 2. The van der Waals surface area contributed by atoms with Crippen LogP contribution in [0.3, 0.4) is 0 Å². The number of benzene rings is 1. The number of nitrogens with one attached hydrogen (secondary N) is 1. The number of Topliss-reactive ketones (excluding diaryl/α,β-unsaturated/α-hetero) is 1. The lowest BCUT2D eigenvalue weighted by Gasteiger charge is -2.11. The predicted molar refractivity (Wildman–Crippen MR) is 96.2 cm³/mol. The average Bonchev–Trinajstić information content (AvgIpc) is 3.04. The maximum absolute atomic E-state index is 11.9. The number of carbonyl (C=O) groups is 3. The van der Waals surface area contributed by atoms with E-state index >= 15 is 0 Å². The average molecular weight is 375 g/mol. The third-order valence-corrected chi connectivity index (χ3v) is 3.58. The number of nitrogens with zero attached hydrogens (tertiary/aromatic N) is 2. The van der Waals surface area contributed by atoms with Crippen molar-refractivity contribution in [2.24, 2.45) is 0 Å². The number of ketones is 1. The Kier molecular flexibility index (Phi) is 6.93. The van der Waals surface area contributed by atoms with Gasteiger partial charge in [-0.3, -0.25) is 19.1 Å². The van der Waals surface area contributed by atoms with Crippen LogP contribution in [0, 0.1) is 0 Å². The molecule has 0 aliphatic rings. The topological polar surface area (TPSA) is 120 Å². The summed E-state index contributed by atoms with van der Waals surface area (Å²) in [6.45, 7) is 1.49. The Bertz CT molecular complexity index is 830. The minimum Gasteiger partial charge on any atom is -0.493 e. The van der Waals surface area contributed by atoms with Crippen molar-refractivity contribution in [2.45, 2.75) is 26.3 Å². The van der Waals surface area contributed by atoms with Crippen LogP contribution in [0.5, 0.6) is 11.5 Å². The second kappa shape index (κ2) is 9.37. The van der Waals surface area contributed by atoms with Gasteiger partial charge in [0.15, 0.2) is 23.1 Å². The number of hydrogen-bond donors (Lipinski definition) is 2. The first kappa shape index (κ1) is 20.0. The van der Waals surface area contributed by atoms with Gasteiger partial charge in [-0.15, -0.1) is 0 Å². The van der Waals surface area contributed by atoms with Crippen LogP contribution in [-0.2, 0) is 16.1 Å². The fourth-order valence-corrected chi connectivity index (χ4v) is 2.28. The zero-order valence-electron chi connectivity index (χ0n) is 15.1. The molecular formula is C18H21N3O6. The predicted octanol–water partition coefficient (Wildman–Crippen LogP) is 1.98. The maximum Gasteiger partial charge on any atom is 0.325 e. The van der Waals surface area contributed by atoms with Crippen LogP contribution in [0.15, 0.2) is 30.5 Å². The van der Waals surface area contributed by atoms with E-state index in [0.29, 0.717) is 29.3 Å². The van der Waals surface area contributed by atoms with Gasteiger partial charge in [0.2, 0.25) is 5.91 Å². The van der Waals surface area contributed by atoms with Gasteiger partial charge in [-0.1, -0.05) is 0 Å². The Hall–Kier alpha value is -3.36. The second-order valence-electron chi connectivity index (χ2n) is 5.71. The lowest BCUT2D eigenvalue weighted by atomic mass is 10.1. The van der Waals surface area contributed by atoms with E-state index in [1.54, 1.807) is 18.2 Å². The van der Waals surface area contributed by atoms with Crippen molar-refractivity contribution in [2.75, 3.05) is 19.0 Å². The summed E-state index contributed by atoms with van der Waals surface area (Å²) in [7, 11) is 1.49. The number of anilines is 1. The summed E-state index contributed by atoms with van der Waals surface area (Å²) in [5, 5.41) is 15.2. The van der Waals surface area contributed by atoms with Crippen LogP contribution in [0.25, 0.3) is 0 Å². The van der Waals surface area contributed by atoms with Crippen molar-refractivity contribution in [1.82, 2.24) is 9.78 Å². The van der Waals surface area contributed by atoms with Gasteiger partial charge >= 0.3 is 5.97 Å². The molecule has 144 valence electrons. The lowest BCUT2D eigenvalue weighted by molar-refractivity contribution is -0.137. The molecule has 9 nitrogen and oxygen atoms in total. The smallest absolute Gasteiger partial charge is 0.325 e. The first-order valence-electron chi connectivity index (χ1n) is 8.26. The van der Waals surface area contributed by atoms with E-state index in [4.69, 9.17) is 14.6 Å². The molecule has 0 saturated heterocycles. The van der Waals surface area contributed by atoms with E-state index < -0.39 is 5.97 Å². The van der Waals surface area contributed by atoms with Gasteiger partial charge in [0.05, 0.1) is 13.7 Å². The van der Waals surface area contributed by atoms with E-state index in [9.17, 15) is 14.4 Å². The van der Waals surface area contributed by atoms with E-state index in [0.717, 1.165) is 0 Å². The molecule has 0 atom stereocenters. The Morgan fingerprint density at radius 2 is 2.00 bits per heavy atom. The molecule has 2 rings (SSSR count). The second-order valence-corrected chi connectivity index (χ2v) is 5.71. The summed E-state index contributed by atoms with van der Waals surface area (Å²) in [5.74, 6) is -0.0876. The molecule has 0 radical (unpaired) electrons. The highest BCUT2D eigenvalue weighted by molar-refractivity contribution is 5.94. The molecule has 9 heteroatoms. The molecule has 1 heterocycles. The van der Waals surface area contributed by atoms with Gasteiger partial charge in [-0.05, 0) is 31.5 Å². The molecule has 1 aromatic heterocycles. The minimum atomic E-state index is -1.01. The lowest BCUT2D eigenvalue weighted by Crippen LogP contribution is -2.14. The zero-order chi connectivity index (χ0) is 19.8. The minimum absolute atomic E-state index is 0.0673. The van der Waals surface area contributed by atoms with Crippen LogP contribution >= 0.6 is 0 Å². The highest BCUT2D eigenvalue weighted by atomic mass is 16.5. The fraction of sp³-hybridized carbons (Fsp3) is 0.333. The molecule has 0 saturated carbocycles. The van der Waals surface area contributed by atoms with Crippen molar-refractivity contribution >= 4 is 23.5 Å². The first-order chi connectivity index (χ1) is 12.9. The molecule has 27 heavy (non-hydrogen) atoms. The molecule has 0 aliphatic carbocycles. The Labute approximate surface area is 155 Å². The largest absolute Gasteiger partial charge is 0.493 e. The van der Waals surface area contributed by atoms with Gasteiger partial charge in [-0.25, -0.2) is 0 Å². The molecule has 0 aliphatic heterocycles. The van der Waals surface area contributed by atoms with Crippen LogP contribution in [0.4, 0.5) is 5.82 Å². The summed E-state index contributed by atoms with van der Waals surface area (Å²) < 4.78 is 12.0. The Morgan fingerprint density at radius 3 is 2.67 bits per heavy atom.